The van der Waals surface area contributed by atoms with Crippen LogP contribution in [0.4, 0.5) is 5.69 Å². The molecule has 22 heavy (non-hydrogen) atoms. The van der Waals surface area contributed by atoms with Crippen molar-refractivity contribution in [1.29, 1.82) is 0 Å². The molecule has 1 heterocycles. The lowest BCUT2D eigenvalue weighted by atomic mass is 10.1. The monoisotopic (exact) mass is 354 g/mol. The standard InChI is InChI=1S/C15H13Cl2N2O2P/c1-18-14-9-5-3-7-12(14)15(20)19(22(18,17)21)10-11-6-2-4-8-13(11)16/h2-9H,10H2,1H3. The predicted molar refractivity (Wildman–Crippen MR) is 89.6 cm³/mol. The van der Waals surface area contributed by atoms with Crippen LogP contribution >= 0.6 is 29.6 Å². The molecule has 0 spiro atoms. The number of rotatable bonds is 2. The fraction of sp³-hybridized carbons (Fsp3) is 0.133. The van der Waals surface area contributed by atoms with Gasteiger partial charge in [0.25, 0.3) is 5.91 Å². The Balaban J connectivity index is 2.07. The Morgan fingerprint density at radius 2 is 1.73 bits per heavy atom. The van der Waals surface area contributed by atoms with Crippen molar-refractivity contribution in [3.05, 3.63) is 64.7 Å². The normalized spacial score (nSPS) is 21.0. The van der Waals surface area contributed by atoms with Crippen molar-refractivity contribution in [1.82, 2.24) is 4.67 Å². The average Bonchev–Trinajstić information content (AvgIpc) is 2.51. The number of hydrogen-bond acceptors (Lipinski definition) is 2. The summed E-state index contributed by atoms with van der Waals surface area (Å²) in [5, 5.41) is 0.508. The summed E-state index contributed by atoms with van der Waals surface area (Å²) in [7, 11) is 1.62. The Bertz CT molecular complexity index is 797. The molecule has 7 heteroatoms. The van der Waals surface area contributed by atoms with E-state index in [-0.39, 0.29) is 12.5 Å². The zero-order valence-electron chi connectivity index (χ0n) is 11.7. The number of hydrogen-bond donors (Lipinski definition) is 0. The van der Waals surface area contributed by atoms with Crippen LogP contribution in [-0.2, 0) is 11.1 Å². The molecule has 0 radical (unpaired) electrons. The zero-order valence-corrected chi connectivity index (χ0v) is 14.1. The fourth-order valence-electron chi connectivity index (χ4n) is 2.43. The maximum absolute atomic E-state index is 12.9. The van der Waals surface area contributed by atoms with E-state index in [2.05, 4.69) is 0 Å². The molecule has 114 valence electrons. The maximum Gasteiger partial charge on any atom is 0.355 e. The van der Waals surface area contributed by atoms with Gasteiger partial charge in [0.2, 0.25) is 0 Å². The number of nitrogens with zero attached hydrogens (tertiary/aromatic N) is 2. The Hall–Kier alpha value is -1.48. The number of carbonyl (C=O) groups is 1. The molecule has 2 aromatic rings. The van der Waals surface area contributed by atoms with Crippen LogP contribution in [0.2, 0.25) is 5.02 Å². The SMILES string of the molecule is CN1c2ccccc2C(=O)N(Cc2ccccc2Cl)P1(=O)Cl. The van der Waals surface area contributed by atoms with Gasteiger partial charge in [-0.15, -0.1) is 0 Å². The minimum atomic E-state index is -3.53. The van der Waals surface area contributed by atoms with E-state index in [0.29, 0.717) is 21.8 Å². The molecule has 1 atom stereocenters. The molecule has 4 nitrogen and oxygen atoms in total. The summed E-state index contributed by atoms with van der Waals surface area (Å²) in [5.41, 5.74) is 1.75. The first-order valence-electron chi connectivity index (χ1n) is 6.61. The van der Waals surface area contributed by atoms with Gasteiger partial charge in [-0.25, -0.2) is 0 Å². The van der Waals surface area contributed by atoms with Gasteiger partial charge in [-0.05, 0) is 35.0 Å². The fourth-order valence-corrected chi connectivity index (χ4v) is 4.66. The van der Waals surface area contributed by atoms with Crippen molar-refractivity contribution in [2.75, 3.05) is 11.7 Å². The lowest BCUT2D eigenvalue weighted by molar-refractivity contribution is 0.0851. The first-order valence-corrected chi connectivity index (χ1v) is 9.51. The highest BCUT2D eigenvalue weighted by Crippen LogP contribution is 2.63. The van der Waals surface area contributed by atoms with Gasteiger partial charge in [0.1, 0.15) is 0 Å². The number of fused-ring (bicyclic) bond motifs is 1. The Kier molecular flexibility index (Phi) is 3.94. The summed E-state index contributed by atoms with van der Waals surface area (Å²) >= 11 is 12.4. The average molecular weight is 355 g/mol. The Labute approximate surface area is 138 Å². The molecular weight excluding hydrogens is 342 g/mol. The molecular formula is C15H13Cl2N2O2P. The van der Waals surface area contributed by atoms with Crippen LogP contribution in [0, 0.1) is 0 Å². The van der Waals surface area contributed by atoms with E-state index in [1.54, 1.807) is 49.5 Å². The smallest absolute Gasteiger partial charge is 0.297 e. The number of benzene rings is 2. The summed E-state index contributed by atoms with van der Waals surface area (Å²) < 4.78 is 15.6. The summed E-state index contributed by atoms with van der Waals surface area (Å²) in [5.74, 6) is -0.355. The molecule has 0 saturated heterocycles. The van der Waals surface area contributed by atoms with Gasteiger partial charge in [-0.2, -0.15) is 0 Å². The first-order chi connectivity index (χ1) is 10.4. The number of anilines is 1. The van der Waals surface area contributed by atoms with Crippen LogP contribution in [0.15, 0.2) is 48.5 Å². The molecule has 0 N–H and O–H groups in total. The first kappa shape index (κ1) is 15.4. The van der Waals surface area contributed by atoms with E-state index in [1.807, 2.05) is 6.07 Å². The maximum atomic E-state index is 12.9. The lowest BCUT2D eigenvalue weighted by Crippen LogP contribution is -2.37. The minimum Gasteiger partial charge on any atom is -0.297 e. The quantitative estimate of drug-likeness (QED) is 0.728. The van der Waals surface area contributed by atoms with Gasteiger partial charge in [-0.1, -0.05) is 41.9 Å². The third-order valence-electron chi connectivity index (χ3n) is 3.66. The second-order valence-corrected chi connectivity index (χ2v) is 8.72. The van der Waals surface area contributed by atoms with E-state index in [4.69, 9.17) is 22.8 Å². The second kappa shape index (κ2) is 5.62. The van der Waals surface area contributed by atoms with Gasteiger partial charge in [0.15, 0.2) is 0 Å². The van der Waals surface area contributed by atoms with Crippen LogP contribution in [0.5, 0.6) is 0 Å². The van der Waals surface area contributed by atoms with Gasteiger partial charge in [-0.3, -0.25) is 18.7 Å². The molecule has 1 amide bonds. The minimum absolute atomic E-state index is 0.0952. The second-order valence-electron chi connectivity index (χ2n) is 4.97. The topological polar surface area (TPSA) is 40.6 Å². The lowest BCUT2D eigenvalue weighted by Gasteiger charge is -2.39. The molecule has 0 aromatic heterocycles. The van der Waals surface area contributed by atoms with Crippen LogP contribution < -0.4 is 4.67 Å². The van der Waals surface area contributed by atoms with Gasteiger partial charge < -0.3 is 0 Å². The summed E-state index contributed by atoms with van der Waals surface area (Å²) in [4.78, 5) is 12.7. The molecule has 0 saturated carbocycles. The van der Waals surface area contributed by atoms with Crippen LogP contribution in [0.3, 0.4) is 0 Å². The van der Waals surface area contributed by atoms with Crippen LogP contribution in [-0.4, -0.2) is 17.6 Å². The molecule has 0 fully saturated rings. The summed E-state index contributed by atoms with van der Waals surface area (Å²) in [6.45, 7) is -3.44. The molecule has 0 aliphatic carbocycles. The highest BCUT2D eigenvalue weighted by Gasteiger charge is 2.43. The molecule has 3 rings (SSSR count). The van der Waals surface area contributed by atoms with Crippen molar-refractivity contribution in [2.24, 2.45) is 0 Å². The molecule has 1 aliphatic heterocycles. The van der Waals surface area contributed by atoms with Gasteiger partial charge >= 0.3 is 6.80 Å². The number of carbonyl (C=O) groups excluding carboxylic acids is 1. The van der Waals surface area contributed by atoms with Crippen molar-refractivity contribution in [3.8, 4) is 0 Å². The van der Waals surface area contributed by atoms with Crippen molar-refractivity contribution in [3.63, 3.8) is 0 Å². The van der Waals surface area contributed by atoms with Crippen LogP contribution in [0.1, 0.15) is 15.9 Å². The zero-order chi connectivity index (χ0) is 15.9. The summed E-state index contributed by atoms with van der Waals surface area (Å²) in [6, 6.07) is 14.1. The number of para-hydroxylation sites is 1. The number of amides is 1. The van der Waals surface area contributed by atoms with E-state index < -0.39 is 6.80 Å². The summed E-state index contributed by atoms with van der Waals surface area (Å²) in [6.07, 6.45) is 0. The highest BCUT2D eigenvalue weighted by atomic mass is 35.7. The van der Waals surface area contributed by atoms with Crippen molar-refractivity contribution < 1.29 is 9.36 Å². The van der Waals surface area contributed by atoms with E-state index in [1.165, 1.54) is 9.34 Å². The van der Waals surface area contributed by atoms with Crippen molar-refractivity contribution in [2.45, 2.75) is 6.54 Å². The molecule has 1 unspecified atom stereocenters. The highest BCUT2D eigenvalue weighted by molar-refractivity contribution is 7.89. The van der Waals surface area contributed by atoms with E-state index >= 15 is 0 Å². The van der Waals surface area contributed by atoms with E-state index in [9.17, 15) is 9.36 Å². The Morgan fingerprint density at radius 3 is 2.45 bits per heavy atom. The molecule has 2 aromatic carbocycles. The van der Waals surface area contributed by atoms with Crippen LogP contribution in [0.25, 0.3) is 0 Å². The largest absolute Gasteiger partial charge is 0.355 e. The number of halogens is 2. The van der Waals surface area contributed by atoms with Gasteiger partial charge in [0.05, 0.1) is 17.8 Å². The third kappa shape index (κ3) is 2.41. The third-order valence-corrected chi connectivity index (χ3v) is 7.13. The predicted octanol–water partition coefficient (Wildman–Crippen LogP) is 4.78. The molecule has 0 bridgehead atoms. The van der Waals surface area contributed by atoms with E-state index in [0.717, 1.165) is 0 Å². The van der Waals surface area contributed by atoms with Crippen molar-refractivity contribution >= 4 is 41.2 Å². The Morgan fingerprint density at radius 1 is 1.09 bits per heavy atom. The van der Waals surface area contributed by atoms with Gasteiger partial charge in [0, 0.05) is 12.1 Å². The molecule has 1 aliphatic rings.